The molecule has 1 aromatic carbocycles. The molecule has 2 aliphatic rings. The molecule has 1 saturated carbocycles. The van der Waals surface area contributed by atoms with Crippen molar-refractivity contribution in [3.63, 3.8) is 0 Å². The fraction of sp³-hybridized carbons (Fsp3) is 0.667. The van der Waals surface area contributed by atoms with Gasteiger partial charge in [0, 0.05) is 13.1 Å². The predicted octanol–water partition coefficient (Wildman–Crippen LogP) is 2.34. The summed E-state index contributed by atoms with van der Waals surface area (Å²) in [5, 5.41) is 5.79. The fourth-order valence-corrected chi connectivity index (χ4v) is 5.85. The molecular formula is C27H42N4O6S. The molecule has 1 aliphatic heterocycles. The van der Waals surface area contributed by atoms with Crippen LogP contribution < -0.4 is 15.4 Å². The Balaban J connectivity index is 1.79. The van der Waals surface area contributed by atoms with Crippen LogP contribution in [0.1, 0.15) is 64.9 Å². The monoisotopic (exact) mass is 550 g/mol. The van der Waals surface area contributed by atoms with Gasteiger partial charge in [0.15, 0.2) is 0 Å². The van der Waals surface area contributed by atoms with E-state index in [1.807, 2.05) is 30.3 Å². The van der Waals surface area contributed by atoms with E-state index in [0.717, 1.165) is 37.5 Å². The van der Waals surface area contributed by atoms with E-state index in [0.29, 0.717) is 12.5 Å². The summed E-state index contributed by atoms with van der Waals surface area (Å²) in [4.78, 5) is 41.0. The van der Waals surface area contributed by atoms with Gasteiger partial charge in [-0.1, -0.05) is 49.6 Å². The second-order valence-corrected chi connectivity index (χ2v) is 13.2. The Hall–Kier alpha value is -2.66. The minimum Gasteiger partial charge on any atom is -0.444 e. The average molecular weight is 551 g/mol. The van der Waals surface area contributed by atoms with E-state index < -0.39 is 45.8 Å². The number of ether oxygens (including phenoxy) is 1. The molecule has 1 saturated heterocycles. The van der Waals surface area contributed by atoms with E-state index in [1.54, 1.807) is 20.8 Å². The number of amides is 3. The van der Waals surface area contributed by atoms with Crippen LogP contribution in [0.25, 0.3) is 0 Å². The number of hydrogen-bond donors (Lipinski definition) is 3. The number of rotatable bonds is 9. The van der Waals surface area contributed by atoms with Crippen molar-refractivity contribution in [2.75, 3.05) is 19.3 Å². The second kappa shape index (κ2) is 12.9. The SMILES string of the molecule is CC(C)(C)OC(=O)N[C@@H]1C[C@@H](C(=O)NCC2CCCCC2)N(C(=O)[C@@H](Cc2ccccc2)NS(C)(=O)=O)C1. The molecule has 212 valence electrons. The van der Waals surface area contributed by atoms with Gasteiger partial charge in [-0.2, -0.15) is 0 Å². The Morgan fingerprint density at radius 2 is 1.74 bits per heavy atom. The lowest BCUT2D eigenvalue weighted by Crippen LogP contribution is -2.54. The van der Waals surface area contributed by atoms with Crippen LogP contribution in [0, 0.1) is 5.92 Å². The van der Waals surface area contributed by atoms with Crippen LogP contribution in [0.4, 0.5) is 4.79 Å². The third kappa shape index (κ3) is 9.58. The van der Waals surface area contributed by atoms with Crippen LogP contribution in [0.5, 0.6) is 0 Å². The van der Waals surface area contributed by atoms with Crippen molar-refractivity contribution >= 4 is 27.9 Å². The highest BCUT2D eigenvalue weighted by atomic mass is 32.2. The number of sulfonamides is 1. The number of carbonyl (C=O) groups is 3. The van der Waals surface area contributed by atoms with E-state index in [9.17, 15) is 22.8 Å². The number of nitrogens with zero attached hydrogens (tertiary/aromatic N) is 1. The summed E-state index contributed by atoms with van der Waals surface area (Å²) in [6.45, 7) is 5.86. The van der Waals surface area contributed by atoms with Crippen molar-refractivity contribution in [1.29, 1.82) is 0 Å². The first-order valence-corrected chi connectivity index (χ1v) is 15.3. The average Bonchev–Trinajstić information content (AvgIpc) is 3.24. The molecule has 0 bridgehead atoms. The molecule has 1 aliphatic carbocycles. The summed E-state index contributed by atoms with van der Waals surface area (Å²) in [5.41, 5.74) is 0.0812. The van der Waals surface area contributed by atoms with Crippen LogP contribution in [0.3, 0.4) is 0 Å². The molecular weight excluding hydrogens is 508 g/mol. The lowest BCUT2D eigenvalue weighted by Gasteiger charge is -2.29. The van der Waals surface area contributed by atoms with Crippen molar-refractivity contribution < 1.29 is 27.5 Å². The molecule has 11 heteroatoms. The summed E-state index contributed by atoms with van der Waals surface area (Å²) >= 11 is 0. The second-order valence-electron chi connectivity index (χ2n) is 11.5. The first kappa shape index (κ1) is 29.9. The van der Waals surface area contributed by atoms with Gasteiger partial charge in [-0.15, -0.1) is 0 Å². The van der Waals surface area contributed by atoms with Gasteiger partial charge in [-0.05, 0) is 57.9 Å². The molecule has 1 aromatic rings. The fourth-order valence-electron chi connectivity index (χ4n) is 5.15. The molecule has 10 nitrogen and oxygen atoms in total. The van der Waals surface area contributed by atoms with Gasteiger partial charge in [0.1, 0.15) is 17.7 Å². The molecule has 3 N–H and O–H groups in total. The van der Waals surface area contributed by atoms with Crippen molar-refractivity contribution in [3.05, 3.63) is 35.9 Å². The summed E-state index contributed by atoms with van der Waals surface area (Å²) in [7, 11) is -3.72. The zero-order valence-corrected chi connectivity index (χ0v) is 23.7. The van der Waals surface area contributed by atoms with Gasteiger partial charge < -0.3 is 20.3 Å². The van der Waals surface area contributed by atoms with E-state index in [2.05, 4.69) is 15.4 Å². The molecule has 3 atom stereocenters. The maximum atomic E-state index is 13.8. The Bertz CT molecular complexity index is 1070. The first-order valence-electron chi connectivity index (χ1n) is 13.4. The van der Waals surface area contributed by atoms with E-state index in [-0.39, 0.29) is 25.3 Å². The minimum atomic E-state index is -3.72. The van der Waals surface area contributed by atoms with Crippen LogP contribution in [-0.2, 0) is 30.8 Å². The maximum absolute atomic E-state index is 13.8. The summed E-state index contributed by atoms with van der Waals surface area (Å²) in [6.07, 6.45) is 6.34. The number of hydrogen-bond acceptors (Lipinski definition) is 6. The van der Waals surface area contributed by atoms with Gasteiger partial charge in [-0.25, -0.2) is 17.9 Å². The Morgan fingerprint density at radius 3 is 2.34 bits per heavy atom. The number of alkyl carbamates (subject to hydrolysis) is 1. The van der Waals surface area contributed by atoms with Crippen LogP contribution >= 0.6 is 0 Å². The quantitative estimate of drug-likeness (QED) is 0.432. The van der Waals surface area contributed by atoms with Gasteiger partial charge in [0.05, 0.1) is 12.3 Å². The van der Waals surface area contributed by atoms with E-state index in [4.69, 9.17) is 4.74 Å². The van der Waals surface area contributed by atoms with Crippen molar-refractivity contribution in [2.24, 2.45) is 5.92 Å². The molecule has 38 heavy (non-hydrogen) atoms. The van der Waals surface area contributed by atoms with E-state index in [1.165, 1.54) is 11.3 Å². The summed E-state index contributed by atoms with van der Waals surface area (Å²) in [6, 6.07) is 6.64. The Morgan fingerprint density at radius 1 is 1.08 bits per heavy atom. The van der Waals surface area contributed by atoms with Gasteiger partial charge >= 0.3 is 6.09 Å². The number of benzene rings is 1. The molecule has 1 heterocycles. The minimum absolute atomic E-state index is 0.0658. The molecule has 2 fully saturated rings. The van der Waals surface area contributed by atoms with Crippen LogP contribution in [0.2, 0.25) is 0 Å². The first-order chi connectivity index (χ1) is 17.8. The van der Waals surface area contributed by atoms with E-state index >= 15 is 0 Å². The number of carbonyl (C=O) groups excluding carboxylic acids is 3. The third-order valence-corrected chi connectivity index (χ3v) is 7.55. The zero-order valence-electron chi connectivity index (χ0n) is 22.9. The Labute approximate surface area is 226 Å². The number of nitrogens with one attached hydrogen (secondary N) is 3. The Kier molecular flexibility index (Phi) is 10.2. The maximum Gasteiger partial charge on any atom is 0.407 e. The topological polar surface area (TPSA) is 134 Å². The molecule has 3 amide bonds. The lowest BCUT2D eigenvalue weighted by atomic mass is 9.89. The largest absolute Gasteiger partial charge is 0.444 e. The van der Waals surface area contributed by atoms with Crippen molar-refractivity contribution in [2.45, 2.75) is 89.4 Å². The summed E-state index contributed by atoms with van der Waals surface area (Å²) in [5.74, 6) is -0.396. The standard InChI is InChI=1S/C27H42N4O6S/c1-27(2,3)37-26(34)29-21-16-23(24(32)28-17-20-13-9-6-10-14-20)31(18-21)25(33)22(30-38(4,35)36)15-19-11-7-5-8-12-19/h5,7-8,11-12,20-23,30H,6,9-10,13-18H2,1-4H3,(H,28,32)(H,29,34)/t21-,22-,23+/m1/s1. The molecule has 0 radical (unpaired) electrons. The molecule has 0 unspecified atom stereocenters. The normalized spacial score (nSPS) is 21.5. The zero-order chi connectivity index (χ0) is 27.9. The van der Waals surface area contributed by atoms with Crippen molar-refractivity contribution in [3.8, 4) is 0 Å². The van der Waals surface area contributed by atoms with Gasteiger partial charge in [-0.3, -0.25) is 9.59 Å². The van der Waals surface area contributed by atoms with Crippen LogP contribution in [0.15, 0.2) is 30.3 Å². The summed E-state index contributed by atoms with van der Waals surface area (Å²) < 4.78 is 32.1. The highest BCUT2D eigenvalue weighted by molar-refractivity contribution is 7.88. The van der Waals surface area contributed by atoms with Gasteiger partial charge in [0.2, 0.25) is 21.8 Å². The smallest absolute Gasteiger partial charge is 0.407 e. The predicted molar refractivity (Wildman–Crippen MR) is 145 cm³/mol. The molecule has 0 aromatic heterocycles. The van der Waals surface area contributed by atoms with Gasteiger partial charge in [0.25, 0.3) is 0 Å². The molecule has 0 spiro atoms. The molecule has 3 rings (SSSR count). The van der Waals surface area contributed by atoms with Crippen molar-refractivity contribution in [1.82, 2.24) is 20.3 Å². The highest BCUT2D eigenvalue weighted by Crippen LogP contribution is 2.24. The third-order valence-electron chi connectivity index (χ3n) is 6.83. The van der Waals surface area contributed by atoms with Crippen LogP contribution in [-0.4, -0.2) is 74.3 Å². The lowest BCUT2D eigenvalue weighted by molar-refractivity contribution is -0.139. The highest BCUT2D eigenvalue weighted by Gasteiger charge is 2.43. The number of likely N-dealkylation sites (tertiary alicyclic amines) is 1.